The minimum atomic E-state index is -0.409. The number of carbonyl (C=O) groups is 1. The summed E-state index contributed by atoms with van der Waals surface area (Å²) in [5.41, 5.74) is -0.0470. The van der Waals surface area contributed by atoms with Gasteiger partial charge >= 0.3 is 0 Å². The van der Waals surface area contributed by atoms with Gasteiger partial charge in [0.15, 0.2) is 5.78 Å². The third kappa shape index (κ3) is 2.98. The van der Waals surface area contributed by atoms with Crippen LogP contribution >= 0.6 is 11.6 Å². The molecule has 1 fully saturated rings. The summed E-state index contributed by atoms with van der Waals surface area (Å²) in [6.07, 6.45) is 3.37. The highest BCUT2D eigenvalue weighted by atomic mass is 35.5. The highest BCUT2D eigenvalue weighted by molar-refractivity contribution is 6.34. The number of carbonyl (C=O) groups excluding carboxylic acids is 1. The lowest BCUT2D eigenvalue weighted by Crippen LogP contribution is -2.42. The van der Waals surface area contributed by atoms with Crippen molar-refractivity contribution >= 4 is 17.4 Å². The number of hydrogen-bond acceptors (Lipinski definition) is 2. The fourth-order valence-electron chi connectivity index (χ4n) is 2.93. The van der Waals surface area contributed by atoms with Crippen LogP contribution in [0.4, 0.5) is 4.39 Å². The van der Waals surface area contributed by atoms with Gasteiger partial charge in [-0.25, -0.2) is 4.39 Å². The van der Waals surface area contributed by atoms with Gasteiger partial charge in [0.25, 0.3) is 0 Å². The van der Waals surface area contributed by atoms with Gasteiger partial charge in [-0.15, -0.1) is 0 Å². The van der Waals surface area contributed by atoms with Crippen molar-refractivity contribution < 1.29 is 9.18 Å². The zero-order valence-corrected chi connectivity index (χ0v) is 11.9. The minimum absolute atomic E-state index is 0.000324. The normalized spacial score (nSPS) is 18.3. The fourth-order valence-corrected chi connectivity index (χ4v) is 3.14. The van der Waals surface area contributed by atoms with Gasteiger partial charge in [-0.05, 0) is 50.6 Å². The van der Waals surface area contributed by atoms with Crippen molar-refractivity contribution in [3.63, 3.8) is 0 Å². The van der Waals surface area contributed by atoms with E-state index in [0.717, 1.165) is 38.8 Å². The Hall–Kier alpha value is -0.930. The molecule has 1 aromatic rings. The predicted octanol–water partition coefficient (Wildman–Crippen LogP) is 3.83. The average molecular weight is 284 g/mol. The van der Waals surface area contributed by atoms with Gasteiger partial charge in [0.05, 0.1) is 5.02 Å². The Morgan fingerprint density at radius 2 is 2.11 bits per heavy atom. The number of nitrogens with one attached hydrogen (secondary N) is 1. The Labute approximate surface area is 118 Å². The molecule has 2 rings (SSSR count). The molecule has 1 aliphatic heterocycles. The summed E-state index contributed by atoms with van der Waals surface area (Å²) < 4.78 is 13.4. The van der Waals surface area contributed by atoms with Gasteiger partial charge in [-0.2, -0.15) is 0 Å². The first-order chi connectivity index (χ1) is 9.09. The Kier molecular flexibility index (Phi) is 4.58. The maximum atomic E-state index is 13.4. The largest absolute Gasteiger partial charge is 0.317 e. The summed E-state index contributed by atoms with van der Waals surface area (Å²) >= 11 is 6.07. The van der Waals surface area contributed by atoms with E-state index in [1.807, 2.05) is 0 Å². The summed E-state index contributed by atoms with van der Waals surface area (Å²) in [5, 5.41) is 3.62. The first-order valence-electron chi connectivity index (χ1n) is 6.79. The summed E-state index contributed by atoms with van der Waals surface area (Å²) in [6.45, 7) is 3.74. The topological polar surface area (TPSA) is 29.1 Å². The van der Waals surface area contributed by atoms with Crippen molar-refractivity contribution in [2.75, 3.05) is 13.1 Å². The second-order valence-corrected chi connectivity index (χ2v) is 5.64. The lowest BCUT2D eigenvalue weighted by atomic mass is 9.70. The van der Waals surface area contributed by atoms with Crippen molar-refractivity contribution in [1.29, 1.82) is 0 Å². The monoisotopic (exact) mass is 283 g/mol. The van der Waals surface area contributed by atoms with Crippen LogP contribution in [0.2, 0.25) is 5.02 Å². The SMILES string of the molecule is CCCC1(C(=O)c2cc(F)ccc2Cl)CCNCC1. The molecule has 1 heterocycles. The lowest BCUT2D eigenvalue weighted by Gasteiger charge is -2.36. The molecule has 0 amide bonds. The molecule has 1 N–H and O–H groups in total. The third-order valence-corrected chi connectivity index (χ3v) is 4.27. The Balaban J connectivity index is 2.36. The van der Waals surface area contributed by atoms with Crippen molar-refractivity contribution in [2.45, 2.75) is 32.6 Å². The highest BCUT2D eigenvalue weighted by Crippen LogP contribution is 2.39. The number of ketones is 1. The Morgan fingerprint density at radius 1 is 1.42 bits per heavy atom. The van der Waals surface area contributed by atoms with Crippen LogP contribution in [-0.4, -0.2) is 18.9 Å². The lowest BCUT2D eigenvalue weighted by molar-refractivity contribution is 0.0704. The second-order valence-electron chi connectivity index (χ2n) is 5.23. The first-order valence-corrected chi connectivity index (χ1v) is 7.17. The van der Waals surface area contributed by atoms with E-state index in [1.54, 1.807) is 0 Å². The number of piperidine rings is 1. The van der Waals surface area contributed by atoms with E-state index in [-0.39, 0.29) is 11.2 Å². The molecular formula is C15H19ClFNO. The summed E-state index contributed by atoms with van der Waals surface area (Å²) in [6, 6.07) is 4.02. The average Bonchev–Trinajstić information content (AvgIpc) is 2.42. The third-order valence-electron chi connectivity index (χ3n) is 3.94. The quantitative estimate of drug-likeness (QED) is 0.851. The van der Waals surface area contributed by atoms with E-state index in [2.05, 4.69) is 12.2 Å². The molecule has 0 saturated carbocycles. The zero-order chi connectivity index (χ0) is 13.9. The van der Waals surface area contributed by atoms with Crippen LogP contribution in [0.15, 0.2) is 18.2 Å². The van der Waals surface area contributed by atoms with Crippen LogP contribution in [0, 0.1) is 11.2 Å². The first kappa shape index (κ1) is 14.5. The van der Waals surface area contributed by atoms with Crippen LogP contribution in [0.1, 0.15) is 43.0 Å². The summed E-state index contributed by atoms with van der Waals surface area (Å²) in [5.74, 6) is -0.409. The molecule has 1 aliphatic rings. The molecule has 0 unspecified atom stereocenters. The number of halogens is 2. The Morgan fingerprint density at radius 3 is 2.74 bits per heavy atom. The molecule has 1 aromatic carbocycles. The van der Waals surface area contributed by atoms with E-state index in [0.29, 0.717) is 10.6 Å². The van der Waals surface area contributed by atoms with Crippen molar-refractivity contribution in [3.8, 4) is 0 Å². The molecule has 0 aliphatic carbocycles. The summed E-state index contributed by atoms with van der Waals surface area (Å²) in [4.78, 5) is 12.8. The molecule has 2 nitrogen and oxygen atoms in total. The highest BCUT2D eigenvalue weighted by Gasteiger charge is 2.39. The Bertz CT molecular complexity index is 464. The van der Waals surface area contributed by atoms with Crippen LogP contribution in [0.5, 0.6) is 0 Å². The number of rotatable bonds is 4. The van der Waals surface area contributed by atoms with Crippen molar-refractivity contribution in [2.24, 2.45) is 5.41 Å². The van der Waals surface area contributed by atoms with Crippen molar-refractivity contribution in [1.82, 2.24) is 5.32 Å². The van der Waals surface area contributed by atoms with Crippen LogP contribution in [0.25, 0.3) is 0 Å². The van der Waals surface area contributed by atoms with Gasteiger partial charge < -0.3 is 5.32 Å². The molecular weight excluding hydrogens is 265 g/mol. The predicted molar refractivity (Wildman–Crippen MR) is 75.2 cm³/mol. The molecule has 19 heavy (non-hydrogen) atoms. The number of benzene rings is 1. The summed E-state index contributed by atoms with van der Waals surface area (Å²) in [7, 11) is 0. The smallest absolute Gasteiger partial charge is 0.170 e. The molecule has 0 radical (unpaired) electrons. The number of hydrogen-bond donors (Lipinski definition) is 1. The van der Waals surface area contributed by atoms with Crippen LogP contribution in [-0.2, 0) is 0 Å². The van der Waals surface area contributed by atoms with Gasteiger partial charge in [0.1, 0.15) is 5.82 Å². The van der Waals surface area contributed by atoms with Crippen molar-refractivity contribution in [3.05, 3.63) is 34.6 Å². The molecule has 0 aromatic heterocycles. The van der Waals surface area contributed by atoms with E-state index in [1.165, 1.54) is 18.2 Å². The molecule has 0 atom stereocenters. The van der Waals surface area contributed by atoms with Gasteiger partial charge in [0.2, 0.25) is 0 Å². The molecule has 104 valence electrons. The van der Waals surface area contributed by atoms with E-state index >= 15 is 0 Å². The van der Waals surface area contributed by atoms with Crippen LogP contribution < -0.4 is 5.32 Å². The van der Waals surface area contributed by atoms with E-state index in [9.17, 15) is 9.18 Å². The maximum Gasteiger partial charge on any atom is 0.170 e. The van der Waals surface area contributed by atoms with Gasteiger partial charge in [0, 0.05) is 11.0 Å². The minimum Gasteiger partial charge on any atom is -0.317 e. The van der Waals surface area contributed by atoms with Crippen LogP contribution in [0.3, 0.4) is 0 Å². The van der Waals surface area contributed by atoms with E-state index in [4.69, 9.17) is 11.6 Å². The number of Topliss-reactive ketones (excluding diaryl/α,β-unsaturated/α-hetero) is 1. The standard InChI is InChI=1S/C15H19ClFNO/c1-2-5-15(6-8-18-9-7-15)14(19)12-10-11(17)3-4-13(12)16/h3-4,10,18H,2,5-9H2,1H3. The molecule has 0 spiro atoms. The molecule has 0 bridgehead atoms. The molecule has 4 heteroatoms. The maximum absolute atomic E-state index is 13.4. The van der Waals surface area contributed by atoms with E-state index < -0.39 is 5.82 Å². The fraction of sp³-hybridized carbons (Fsp3) is 0.533. The molecule has 1 saturated heterocycles. The van der Waals surface area contributed by atoms with Gasteiger partial charge in [-0.1, -0.05) is 24.9 Å². The van der Waals surface area contributed by atoms with Gasteiger partial charge in [-0.3, -0.25) is 4.79 Å². The second kappa shape index (κ2) is 6.02. The zero-order valence-electron chi connectivity index (χ0n) is 11.1.